The van der Waals surface area contributed by atoms with Crippen molar-refractivity contribution >= 4 is 11.8 Å². The average molecular weight is 360 g/mol. The average Bonchev–Trinajstić information content (AvgIpc) is 3.38. The summed E-state index contributed by atoms with van der Waals surface area (Å²) in [5.41, 5.74) is 0.550. The number of ether oxygens (including phenoxy) is 1. The predicted molar refractivity (Wildman–Crippen MR) is 93.3 cm³/mol. The van der Waals surface area contributed by atoms with E-state index in [0.717, 1.165) is 5.76 Å². The Bertz CT molecular complexity index is 688. The third-order valence-corrected chi connectivity index (χ3v) is 4.70. The van der Waals surface area contributed by atoms with Gasteiger partial charge in [-0.1, -0.05) is 0 Å². The fourth-order valence-corrected chi connectivity index (χ4v) is 3.22. The Hall–Kier alpha value is -2.54. The molecule has 3 heterocycles. The lowest BCUT2D eigenvalue weighted by atomic mass is 9.94. The number of nitrogens with zero attached hydrogens (tertiary/aromatic N) is 2. The van der Waals surface area contributed by atoms with Crippen molar-refractivity contribution < 1.29 is 23.2 Å². The smallest absolute Gasteiger partial charge is 0.257 e. The normalized spacial score (nSPS) is 15.2. The first kappa shape index (κ1) is 18.3. The Morgan fingerprint density at radius 2 is 2.08 bits per heavy atom. The third kappa shape index (κ3) is 4.35. The van der Waals surface area contributed by atoms with Gasteiger partial charge in [0.2, 0.25) is 5.91 Å². The van der Waals surface area contributed by atoms with Crippen molar-refractivity contribution in [2.45, 2.75) is 19.4 Å². The molecule has 0 aromatic carbocycles. The van der Waals surface area contributed by atoms with Crippen LogP contribution in [-0.4, -0.2) is 55.0 Å². The first-order valence-corrected chi connectivity index (χ1v) is 8.80. The molecule has 0 unspecified atom stereocenters. The van der Waals surface area contributed by atoms with Crippen LogP contribution in [0.25, 0.3) is 0 Å². The molecule has 0 aliphatic carbocycles. The summed E-state index contributed by atoms with van der Waals surface area (Å²) < 4.78 is 15.5. The monoisotopic (exact) mass is 360 g/mol. The maximum atomic E-state index is 12.9. The van der Waals surface area contributed by atoms with E-state index in [1.807, 2.05) is 12.1 Å². The Morgan fingerprint density at radius 3 is 2.69 bits per heavy atom. The van der Waals surface area contributed by atoms with E-state index in [4.69, 9.17) is 13.6 Å². The van der Waals surface area contributed by atoms with E-state index in [1.165, 1.54) is 12.5 Å². The van der Waals surface area contributed by atoms with Gasteiger partial charge in [-0.3, -0.25) is 9.59 Å². The number of rotatable bonds is 7. The number of likely N-dealkylation sites (tertiary alicyclic amines) is 1. The van der Waals surface area contributed by atoms with E-state index in [9.17, 15) is 9.59 Å². The summed E-state index contributed by atoms with van der Waals surface area (Å²) in [7, 11) is 1.62. The van der Waals surface area contributed by atoms with Crippen LogP contribution in [-0.2, 0) is 16.1 Å². The van der Waals surface area contributed by atoms with Crippen LogP contribution < -0.4 is 0 Å². The number of hydrogen-bond acceptors (Lipinski definition) is 5. The Labute approximate surface area is 152 Å². The molecule has 1 saturated heterocycles. The summed E-state index contributed by atoms with van der Waals surface area (Å²) >= 11 is 0. The Kier molecular flexibility index (Phi) is 6.12. The van der Waals surface area contributed by atoms with Gasteiger partial charge in [-0.25, -0.2) is 0 Å². The van der Waals surface area contributed by atoms with Crippen LogP contribution in [0, 0.1) is 5.92 Å². The minimum atomic E-state index is -0.0878. The molecule has 140 valence electrons. The zero-order valence-corrected chi connectivity index (χ0v) is 14.9. The number of methoxy groups -OCH3 is 1. The van der Waals surface area contributed by atoms with Crippen molar-refractivity contribution in [1.29, 1.82) is 0 Å². The second-order valence-corrected chi connectivity index (χ2v) is 6.41. The molecule has 7 nitrogen and oxygen atoms in total. The molecular formula is C19H24N2O5. The second kappa shape index (κ2) is 8.71. The number of carbonyl (C=O) groups is 2. The summed E-state index contributed by atoms with van der Waals surface area (Å²) in [6, 6.07) is 5.34. The second-order valence-electron chi connectivity index (χ2n) is 6.41. The molecule has 1 aliphatic rings. The van der Waals surface area contributed by atoms with E-state index in [0.29, 0.717) is 51.2 Å². The standard InChI is InChI=1S/C19H24N2O5/c1-24-12-9-21(13-17-3-2-10-26-17)18(22)15-4-7-20(8-5-15)19(23)16-6-11-25-14-16/h2-3,6,10-11,14-15H,4-5,7-9,12-13H2,1H3. The minimum absolute atomic E-state index is 0.0449. The highest BCUT2D eigenvalue weighted by molar-refractivity contribution is 5.94. The van der Waals surface area contributed by atoms with Crippen molar-refractivity contribution in [2.24, 2.45) is 5.92 Å². The zero-order valence-electron chi connectivity index (χ0n) is 14.9. The van der Waals surface area contributed by atoms with E-state index >= 15 is 0 Å². The lowest BCUT2D eigenvalue weighted by molar-refractivity contribution is -0.138. The quantitative estimate of drug-likeness (QED) is 0.758. The molecule has 0 atom stereocenters. The summed E-state index contributed by atoms with van der Waals surface area (Å²) in [5, 5.41) is 0. The van der Waals surface area contributed by atoms with Gasteiger partial charge in [0.15, 0.2) is 0 Å². The van der Waals surface area contributed by atoms with Crippen molar-refractivity contribution in [3.8, 4) is 0 Å². The lowest BCUT2D eigenvalue weighted by Gasteiger charge is -2.34. The van der Waals surface area contributed by atoms with Crippen LogP contribution >= 0.6 is 0 Å². The minimum Gasteiger partial charge on any atom is -0.472 e. The summed E-state index contributed by atoms with van der Waals surface area (Å²) in [6.45, 7) is 2.57. The maximum absolute atomic E-state index is 12.9. The molecule has 0 spiro atoms. The third-order valence-electron chi connectivity index (χ3n) is 4.70. The highest BCUT2D eigenvalue weighted by Gasteiger charge is 2.31. The molecule has 1 aliphatic heterocycles. The highest BCUT2D eigenvalue weighted by atomic mass is 16.5. The van der Waals surface area contributed by atoms with Crippen LogP contribution in [0.1, 0.15) is 29.0 Å². The number of amides is 2. The first-order valence-electron chi connectivity index (χ1n) is 8.80. The van der Waals surface area contributed by atoms with Gasteiger partial charge in [0.25, 0.3) is 5.91 Å². The molecule has 2 amide bonds. The van der Waals surface area contributed by atoms with Crippen molar-refractivity contribution in [2.75, 3.05) is 33.4 Å². The number of furan rings is 2. The lowest BCUT2D eigenvalue weighted by Crippen LogP contribution is -2.44. The van der Waals surface area contributed by atoms with Gasteiger partial charge in [0.05, 0.1) is 31.2 Å². The fraction of sp³-hybridized carbons (Fsp3) is 0.474. The van der Waals surface area contributed by atoms with Crippen LogP contribution in [0.3, 0.4) is 0 Å². The summed E-state index contributed by atoms with van der Waals surface area (Å²) in [4.78, 5) is 28.9. The fourth-order valence-electron chi connectivity index (χ4n) is 3.22. The highest BCUT2D eigenvalue weighted by Crippen LogP contribution is 2.22. The van der Waals surface area contributed by atoms with Crippen LogP contribution in [0.2, 0.25) is 0 Å². The van der Waals surface area contributed by atoms with Gasteiger partial charge in [-0.15, -0.1) is 0 Å². The van der Waals surface area contributed by atoms with Gasteiger partial charge in [0, 0.05) is 32.7 Å². The van der Waals surface area contributed by atoms with Crippen molar-refractivity contribution in [3.63, 3.8) is 0 Å². The molecular weight excluding hydrogens is 336 g/mol. The molecule has 0 N–H and O–H groups in total. The Morgan fingerprint density at radius 1 is 1.27 bits per heavy atom. The van der Waals surface area contributed by atoms with Gasteiger partial charge < -0.3 is 23.4 Å². The molecule has 2 aromatic rings. The first-order chi connectivity index (χ1) is 12.7. The Balaban J connectivity index is 1.57. The number of carbonyl (C=O) groups excluding carboxylic acids is 2. The molecule has 0 bridgehead atoms. The summed E-state index contributed by atoms with van der Waals surface area (Å²) in [6.07, 6.45) is 5.86. The van der Waals surface area contributed by atoms with Crippen molar-refractivity contribution in [1.82, 2.24) is 9.80 Å². The molecule has 0 radical (unpaired) electrons. The molecule has 1 fully saturated rings. The van der Waals surface area contributed by atoms with Crippen LogP contribution in [0.4, 0.5) is 0 Å². The van der Waals surface area contributed by atoms with Gasteiger partial charge in [0.1, 0.15) is 12.0 Å². The van der Waals surface area contributed by atoms with Gasteiger partial charge >= 0.3 is 0 Å². The number of hydrogen-bond donors (Lipinski definition) is 0. The maximum Gasteiger partial charge on any atom is 0.257 e. The van der Waals surface area contributed by atoms with E-state index in [1.54, 1.807) is 29.2 Å². The molecule has 7 heteroatoms. The molecule has 3 rings (SSSR count). The zero-order chi connectivity index (χ0) is 18.4. The van der Waals surface area contributed by atoms with E-state index in [-0.39, 0.29) is 17.7 Å². The number of piperidine rings is 1. The molecule has 2 aromatic heterocycles. The van der Waals surface area contributed by atoms with Gasteiger partial charge in [-0.2, -0.15) is 0 Å². The predicted octanol–water partition coefficient (Wildman–Crippen LogP) is 2.40. The van der Waals surface area contributed by atoms with Crippen molar-refractivity contribution in [3.05, 3.63) is 48.3 Å². The largest absolute Gasteiger partial charge is 0.472 e. The van der Waals surface area contributed by atoms with Crippen LogP contribution in [0.5, 0.6) is 0 Å². The van der Waals surface area contributed by atoms with E-state index < -0.39 is 0 Å². The SMILES string of the molecule is COCCN(Cc1ccco1)C(=O)C1CCN(C(=O)c2ccoc2)CC1. The topological polar surface area (TPSA) is 76.1 Å². The van der Waals surface area contributed by atoms with Gasteiger partial charge in [-0.05, 0) is 31.0 Å². The molecule has 26 heavy (non-hydrogen) atoms. The summed E-state index contributed by atoms with van der Waals surface area (Å²) in [5.74, 6) is 0.711. The molecule has 0 saturated carbocycles. The van der Waals surface area contributed by atoms with Crippen LogP contribution in [0.15, 0.2) is 45.8 Å². The van der Waals surface area contributed by atoms with E-state index in [2.05, 4.69) is 0 Å².